The predicted molar refractivity (Wildman–Crippen MR) is 123 cm³/mol. The van der Waals surface area contributed by atoms with Crippen molar-refractivity contribution in [3.8, 4) is 0 Å². The third-order valence-electron chi connectivity index (χ3n) is 4.66. The van der Waals surface area contributed by atoms with Crippen molar-refractivity contribution in [3.05, 3.63) is 81.9 Å². The fraction of sp³-hybridized carbons (Fsp3) is 0.250. The molecule has 0 bridgehead atoms. The first-order valence-electron chi connectivity index (χ1n) is 10.3. The number of amides is 1. The Kier molecular flexibility index (Phi) is 8.28. The first-order chi connectivity index (χ1) is 15.9. The van der Waals surface area contributed by atoms with E-state index >= 15 is 0 Å². The number of aliphatic hydroxyl groups is 1. The van der Waals surface area contributed by atoms with E-state index in [0.29, 0.717) is 21.3 Å². The van der Waals surface area contributed by atoms with Crippen molar-refractivity contribution in [1.82, 2.24) is 4.98 Å². The predicted octanol–water partition coefficient (Wildman–Crippen LogP) is 3.51. The lowest BCUT2D eigenvalue weighted by atomic mass is 10.1. The Bertz CT molecular complexity index is 1110. The molecule has 0 radical (unpaired) electrons. The van der Waals surface area contributed by atoms with Crippen LogP contribution in [0.5, 0.6) is 0 Å². The highest BCUT2D eigenvalue weighted by Crippen LogP contribution is 2.28. The molecule has 0 aliphatic heterocycles. The lowest BCUT2D eigenvalue weighted by Crippen LogP contribution is -2.34. The number of thiazole rings is 1. The van der Waals surface area contributed by atoms with Gasteiger partial charge in [0.25, 0.3) is 5.91 Å². The number of nitrogens with zero attached hydrogens (tertiary/aromatic N) is 2. The van der Waals surface area contributed by atoms with E-state index in [1.165, 1.54) is 17.0 Å². The Morgan fingerprint density at radius 1 is 0.970 bits per heavy atom. The summed E-state index contributed by atoms with van der Waals surface area (Å²) in [6.07, 6.45) is 0. The van der Waals surface area contributed by atoms with Gasteiger partial charge in [0.1, 0.15) is 4.88 Å². The second-order valence-corrected chi connectivity index (χ2v) is 8.01. The lowest BCUT2D eigenvalue weighted by Gasteiger charge is -2.20. The van der Waals surface area contributed by atoms with Crippen molar-refractivity contribution < 1.29 is 29.0 Å². The molecule has 9 heteroatoms. The van der Waals surface area contributed by atoms with Crippen molar-refractivity contribution in [1.29, 1.82) is 0 Å². The average Bonchev–Trinajstić information content (AvgIpc) is 3.23. The van der Waals surface area contributed by atoms with Crippen LogP contribution >= 0.6 is 11.3 Å². The van der Waals surface area contributed by atoms with Gasteiger partial charge >= 0.3 is 11.9 Å². The monoisotopic (exact) mass is 468 g/mol. The maximum absolute atomic E-state index is 13.1. The van der Waals surface area contributed by atoms with Gasteiger partial charge in [0.15, 0.2) is 11.7 Å². The van der Waals surface area contributed by atoms with Crippen molar-refractivity contribution in [3.63, 3.8) is 0 Å². The van der Waals surface area contributed by atoms with Crippen LogP contribution in [-0.2, 0) is 27.4 Å². The molecule has 0 atom stereocenters. The van der Waals surface area contributed by atoms with Crippen LogP contribution < -0.4 is 4.90 Å². The summed E-state index contributed by atoms with van der Waals surface area (Å²) in [5.74, 6) is -1.64. The van der Waals surface area contributed by atoms with Gasteiger partial charge in [-0.15, -0.1) is 0 Å². The molecule has 3 aromatic rings. The van der Waals surface area contributed by atoms with Crippen LogP contribution in [-0.4, -0.2) is 41.2 Å². The fourth-order valence-electron chi connectivity index (χ4n) is 2.95. The van der Waals surface area contributed by atoms with Gasteiger partial charge in [-0.05, 0) is 37.1 Å². The second-order valence-electron chi connectivity index (χ2n) is 7.03. The van der Waals surface area contributed by atoms with Crippen molar-refractivity contribution in [2.24, 2.45) is 0 Å². The van der Waals surface area contributed by atoms with Gasteiger partial charge in [0.2, 0.25) is 0 Å². The summed E-state index contributed by atoms with van der Waals surface area (Å²) in [6, 6.07) is 15.6. The number of aryl methyl sites for hydroxylation is 1. The highest BCUT2D eigenvalue weighted by Gasteiger charge is 2.25. The third-order valence-corrected chi connectivity index (χ3v) is 5.82. The summed E-state index contributed by atoms with van der Waals surface area (Å²) in [5, 5.41) is 9.43. The number of carbonyl (C=O) groups excluding carboxylic acids is 3. The maximum atomic E-state index is 13.1. The second kappa shape index (κ2) is 11.3. The first kappa shape index (κ1) is 24.1. The van der Waals surface area contributed by atoms with E-state index in [9.17, 15) is 14.4 Å². The van der Waals surface area contributed by atoms with Crippen LogP contribution in [0.4, 0.5) is 5.13 Å². The summed E-state index contributed by atoms with van der Waals surface area (Å²) in [6.45, 7) is 3.18. The highest BCUT2D eigenvalue weighted by molar-refractivity contribution is 7.17. The van der Waals surface area contributed by atoms with Gasteiger partial charge in [-0.1, -0.05) is 53.8 Å². The Hall–Kier alpha value is -3.56. The Morgan fingerprint density at radius 2 is 1.67 bits per heavy atom. The van der Waals surface area contributed by atoms with Crippen LogP contribution in [0, 0.1) is 6.92 Å². The topological polar surface area (TPSA) is 106 Å². The molecule has 0 spiro atoms. The van der Waals surface area contributed by atoms with Gasteiger partial charge < -0.3 is 14.6 Å². The maximum Gasteiger partial charge on any atom is 0.350 e. The van der Waals surface area contributed by atoms with Crippen LogP contribution in [0.25, 0.3) is 0 Å². The molecule has 0 aliphatic carbocycles. The van der Waals surface area contributed by atoms with Crippen molar-refractivity contribution >= 4 is 34.3 Å². The molecule has 0 saturated carbocycles. The van der Waals surface area contributed by atoms with Crippen LogP contribution in [0.2, 0.25) is 0 Å². The van der Waals surface area contributed by atoms with Crippen LogP contribution in [0.3, 0.4) is 0 Å². The van der Waals surface area contributed by atoms with Gasteiger partial charge in [-0.25, -0.2) is 14.6 Å². The molecule has 2 aromatic carbocycles. The van der Waals surface area contributed by atoms with Gasteiger partial charge in [-0.3, -0.25) is 9.69 Å². The number of ether oxygens (including phenoxy) is 2. The molecule has 33 heavy (non-hydrogen) atoms. The summed E-state index contributed by atoms with van der Waals surface area (Å²) in [7, 11) is 0. The zero-order valence-corrected chi connectivity index (χ0v) is 19.1. The summed E-state index contributed by atoms with van der Waals surface area (Å²) in [4.78, 5) is 43.7. The zero-order chi connectivity index (χ0) is 23.8. The standard InChI is InChI=1S/C24H24N2O6S/c1-3-31-23(30)21-16(2)25-24(33-21)26(13-17-7-5-4-6-8-17)20(28)15-32-22(29)19-11-9-18(14-27)10-12-19/h4-12,27H,3,13-15H2,1-2H3. The zero-order valence-electron chi connectivity index (χ0n) is 18.3. The highest BCUT2D eigenvalue weighted by atomic mass is 32.1. The molecule has 0 saturated heterocycles. The molecule has 8 nitrogen and oxygen atoms in total. The minimum absolute atomic E-state index is 0.136. The smallest absolute Gasteiger partial charge is 0.350 e. The number of carbonyl (C=O) groups is 3. The van der Waals surface area contributed by atoms with Crippen molar-refractivity contribution in [2.75, 3.05) is 18.1 Å². The molecule has 1 amide bonds. The molecule has 0 fully saturated rings. The molecule has 172 valence electrons. The molecule has 1 N–H and O–H groups in total. The quantitative estimate of drug-likeness (QED) is 0.479. The molecule has 1 heterocycles. The number of aromatic nitrogens is 1. The van der Waals surface area contributed by atoms with Gasteiger partial charge in [-0.2, -0.15) is 0 Å². The van der Waals surface area contributed by atoms with E-state index in [-0.39, 0.29) is 25.3 Å². The Labute approximate surface area is 195 Å². The lowest BCUT2D eigenvalue weighted by molar-refractivity contribution is -0.121. The molecule has 1 aromatic heterocycles. The minimum atomic E-state index is -0.657. The van der Waals surface area contributed by atoms with E-state index in [1.807, 2.05) is 30.3 Å². The number of aliphatic hydroxyl groups excluding tert-OH is 1. The van der Waals surface area contributed by atoms with E-state index in [0.717, 1.165) is 16.9 Å². The average molecular weight is 469 g/mol. The Balaban J connectivity index is 1.78. The minimum Gasteiger partial charge on any atom is -0.462 e. The first-order valence-corrected chi connectivity index (χ1v) is 11.1. The molecule has 3 rings (SSSR count). The third kappa shape index (κ3) is 6.24. The molecule has 0 unspecified atom stereocenters. The van der Waals surface area contributed by atoms with Crippen LogP contribution in [0.15, 0.2) is 54.6 Å². The van der Waals surface area contributed by atoms with Crippen molar-refractivity contribution in [2.45, 2.75) is 27.0 Å². The Morgan fingerprint density at radius 3 is 2.30 bits per heavy atom. The summed E-state index contributed by atoms with van der Waals surface area (Å²) in [5.41, 5.74) is 2.24. The molecule has 0 aliphatic rings. The number of hydrogen-bond donors (Lipinski definition) is 1. The molecular formula is C24H24N2O6S. The summed E-state index contributed by atoms with van der Waals surface area (Å²) < 4.78 is 10.3. The number of hydrogen-bond acceptors (Lipinski definition) is 8. The summed E-state index contributed by atoms with van der Waals surface area (Å²) >= 11 is 1.05. The molecular weight excluding hydrogens is 444 g/mol. The fourth-order valence-corrected chi connectivity index (χ4v) is 3.92. The van der Waals surface area contributed by atoms with Crippen LogP contribution in [0.1, 0.15) is 43.8 Å². The number of esters is 2. The number of benzene rings is 2. The normalized spacial score (nSPS) is 10.5. The van der Waals surface area contributed by atoms with Gasteiger partial charge in [0, 0.05) is 0 Å². The van der Waals surface area contributed by atoms with E-state index in [4.69, 9.17) is 14.6 Å². The SMILES string of the molecule is CCOC(=O)c1sc(N(Cc2ccccc2)C(=O)COC(=O)c2ccc(CO)cc2)nc1C. The van der Waals surface area contributed by atoms with Gasteiger partial charge in [0.05, 0.1) is 31.0 Å². The largest absolute Gasteiger partial charge is 0.462 e. The van der Waals surface area contributed by atoms with E-state index in [1.54, 1.807) is 26.0 Å². The van der Waals surface area contributed by atoms with E-state index in [2.05, 4.69) is 4.98 Å². The number of rotatable bonds is 9. The van der Waals surface area contributed by atoms with E-state index < -0.39 is 24.5 Å². The number of anilines is 1.